The fourth-order valence-electron chi connectivity index (χ4n) is 0.360. The lowest BCUT2D eigenvalue weighted by atomic mass is 10.1. The molecule has 1 radical (unpaired) electrons. The van der Waals surface area contributed by atoms with Crippen LogP contribution in [0.1, 0.15) is 0 Å². The second kappa shape index (κ2) is 2.91. The minimum atomic E-state index is -7.03. The van der Waals surface area contributed by atoms with Crippen molar-refractivity contribution in [3.63, 3.8) is 0 Å². The summed E-state index contributed by atoms with van der Waals surface area (Å²) in [5, 5.41) is 9.53. The van der Waals surface area contributed by atoms with E-state index in [1.54, 1.807) is 0 Å². The van der Waals surface area contributed by atoms with Crippen molar-refractivity contribution in [3.8, 4) is 0 Å². The van der Waals surface area contributed by atoms with Crippen LogP contribution in [0.4, 0.5) is 39.5 Å². The van der Waals surface area contributed by atoms with E-state index in [1.807, 2.05) is 0 Å². The van der Waals surface area contributed by atoms with E-state index in [9.17, 15) is 44.6 Å². The molecular formula is C4F9O. The molecule has 0 aromatic carbocycles. The van der Waals surface area contributed by atoms with E-state index in [0.717, 1.165) is 0 Å². The van der Waals surface area contributed by atoms with Crippen molar-refractivity contribution in [2.45, 2.75) is 24.1 Å². The average Bonchev–Trinajstić information content (AvgIpc) is 1.81. The first-order valence-electron chi connectivity index (χ1n) is 2.65. The minimum absolute atomic E-state index is 6.86. The summed E-state index contributed by atoms with van der Waals surface area (Å²) in [4.78, 5) is 0. The van der Waals surface area contributed by atoms with Gasteiger partial charge in [0.15, 0.2) is 0 Å². The van der Waals surface area contributed by atoms with Crippen molar-refractivity contribution in [1.29, 1.82) is 0 Å². The van der Waals surface area contributed by atoms with Gasteiger partial charge >= 0.3 is 24.1 Å². The first-order valence-corrected chi connectivity index (χ1v) is 2.65. The first kappa shape index (κ1) is 13.3. The quantitative estimate of drug-likeness (QED) is 0.623. The van der Waals surface area contributed by atoms with Crippen LogP contribution in [-0.4, -0.2) is 24.1 Å². The highest BCUT2D eigenvalue weighted by Crippen LogP contribution is 2.51. The number of alkyl halides is 9. The Morgan fingerprint density at radius 3 is 0.929 bits per heavy atom. The first-order chi connectivity index (χ1) is 5.75. The Balaban J connectivity index is 5.30. The van der Waals surface area contributed by atoms with Crippen LogP contribution >= 0.6 is 0 Å². The molecule has 0 aromatic heterocycles. The van der Waals surface area contributed by atoms with Gasteiger partial charge in [-0.1, -0.05) is 0 Å². The summed E-state index contributed by atoms with van der Waals surface area (Å²) in [6, 6.07) is 0. The Hall–Kier alpha value is -0.670. The summed E-state index contributed by atoms with van der Waals surface area (Å²) in [7, 11) is 0. The number of hydrogen-bond donors (Lipinski definition) is 0. The molecule has 0 heterocycles. The molecule has 0 rings (SSSR count). The van der Waals surface area contributed by atoms with Crippen LogP contribution in [0.5, 0.6) is 0 Å². The molecule has 0 saturated heterocycles. The normalized spacial score (nSPS) is 19.3. The summed E-state index contributed by atoms with van der Waals surface area (Å²) in [6.45, 7) is 0. The molecule has 1 nitrogen and oxygen atoms in total. The Bertz CT molecular complexity index is 186. The van der Waals surface area contributed by atoms with Gasteiger partial charge in [0, 0.05) is 0 Å². The van der Waals surface area contributed by atoms with E-state index in [-0.39, 0.29) is 0 Å². The Morgan fingerprint density at radius 1 is 0.571 bits per heavy atom. The smallest absolute Gasteiger partial charge is 0.191 e. The predicted octanol–water partition coefficient (Wildman–Crippen LogP) is 2.84. The van der Waals surface area contributed by atoms with Crippen LogP contribution in [0, 0.1) is 0 Å². The standard InChI is InChI=1S/C4F9O/c5-1(6,3(8,9)10)2(7,14)4(11,12)13. The molecule has 1 unspecified atom stereocenters. The fourth-order valence-corrected chi connectivity index (χ4v) is 0.360. The summed E-state index contributed by atoms with van der Waals surface area (Å²) in [6.07, 6.45) is -13.8. The molecular weight excluding hydrogens is 235 g/mol. The highest BCUT2D eigenvalue weighted by molar-refractivity contribution is 4.95. The summed E-state index contributed by atoms with van der Waals surface area (Å²) >= 11 is 0. The molecule has 0 aliphatic heterocycles. The Labute approximate surface area is 70.1 Å². The van der Waals surface area contributed by atoms with Crippen molar-refractivity contribution < 1.29 is 44.6 Å². The fraction of sp³-hybridized carbons (Fsp3) is 1.00. The molecule has 0 spiro atoms. The Kier molecular flexibility index (Phi) is 2.77. The minimum Gasteiger partial charge on any atom is -0.191 e. The van der Waals surface area contributed by atoms with Gasteiger partial charge in [0.25, 0.3) is 0 Å². The molecule has 10 heteroatoms. The topological polar surface area (TPSA) is 19.9 Å². The number of halogens is 9. The van der Waals surface area contributed by atoms with E-state index in [1.165, 1.54) is 0 Å². The van der Waals surface area contributed by atoms with E-state index in [4.69, 9.17) is 0 Å². The molecule has 0 fully saturated rings. The van der Waals surface area contributed by atoms with Crippen LogP contribution in [0.25, 0.3) is 0 Å². The third-order valence-corrected chi connectivity index (χ3v) is 1.12. The van der Waals surface area contributed by atoms with Crippen LogP contribution in [0.2, 0.25) is 0 Å². The maximum absolute atomic E-state index is 11.7. The van der Waals surface area contributed by atoms with Crippen LogP contribution < -0.4 is 0 Å². The van der Waals surface area contributed by atoms with Crippen molar-refractivity contribution in [1.82, 2.24) is 0 Å². The zero-order valence-corrected chi connectivity index (χ0v) is 5.81. The molecule has 0 aliphatic rings. The molecule has 0 aliphatic carbocycles. The number of hydrogen-bond acceptors (Lipinski definition) is 0. The lowest BCUT2D eigenvalue weighted by Gasteiger charge is -2.29. The van der Waals surface area contributed by atoms with Crippen molar-refractivity contribution in [3.05, 3.63) is 0 Å². The molecule has 85 valence electrons. The van der Waals surface area contributed by atoms with Crippen molar-refractivity contribution in [2.24, 2.45) is 0 Å². The zero-order chi connectivity index (χ0) is 12.0. The van der Waals surface area contributed by atoms with Gasteiger partial charge in [-0.3, -0.25) is 0 Å². The molecule has 0 N–H and O–H groups in total. The largest absolute Gasteiger partial charge is 0.460 e. The van der Waals surface area contributed by atoms with Crippen LogP contribution in [0.3, 0.4) is 0 Å². The lowest BCUT2D eigenvalue weighted by molar-refractivity contribution is -0.456. The van der Waals surface area contributed by atoms with Gasteiger partial charge < -0.3 is 0 Å². The van der Waals surface area contributed by atoms with Gasteiger partial charge in [0.1, 0.15) is 0 Å². The van der Waals surface area contributed by atoms with Gasteiger partial charge in [-0.2, -0.15) is 44.6 Å². The van der Waals surface area contributed by atoms with Gasteiger partial charge in [0.2, 0.25) is 0 Å². The van der Waals surface area contributed by atoms with E-state index in [2.05, 4.69) is 0 Å². The molecule has 0 saturated carbocycles. The van der Waals surface area contributed by atoms with Gasteiger partial charge in [0.05, 0.1) is 0 Å². The maximum Gasteiger partial charge on any atom is 0.460 e. The molecule has 1 atom stereocenters. The van der Waals surface area contributed by atoms with E-state index < -0.39 is 24.1 Å². The predicted molar refractivity (Wildman–Crippen MR) is 21.6 cm³/mol. The van der Waals surface area contributed by atoms with E-state index >= 15 is 0 Å². The second-order valence-corrected chi connectivity index (χ2v) is 2.17. The third-order valence-electron chi connectivity index (χ3n) is 1.12. The second-order valence-electron chi connectivity index (χ2n) is 2.17. The molecule has 14 heavy (non-hydrogen) atoms. The monoisotopic (exact) mass is 235 g/mol. The Morgan fingerprint density at radius 2 is 0.857 bits per heavy atom. The lowest BCUT2D eigenvalue weighted by Crippen LogP contribution is -2.61. The molecule has 0 bridgehead atoms. The zero-order valence-electron chi connectivity index (χ0n) is 5.81. The van der Waals surface area contributed by atoms with Crippen LogP contribution in [-0.2, 0) is 5.11 Å². The summed E-state index contributed by atoms with van der Waals surface area (Å²) in [5.41, 5.74) is 0. The van der Waals surface area contributed by atoms with Gasteiger partial charge in [-0.15, -0.1) is 0 Å². The maximum atomic E-state index is 11.7. The van der Waals surface area contributed by atoms with Crippen molar-refractivity contribution in [2.75, 3.05) is 0 Å². The third kappa shape index (κ3) is 1.74. The van der Waals surface area contributed by atoms with E-state index in [0.29, 0.717) is 0 Å². The molecule has 0 aromatic rings. The average molecular weight is 235 g/mol. The van der Waals surface area contributed by atoms with Gasteiger partial charge in [-0.25, -0.2) is 0 Å². The van der Waals surface area contributed by atoms with Crippen LogP contribution in [0.15, 0.2) is 0 Å². The highest BCUT2D eigenvalue weighted by atomic mass is 19.4. The highest BCUT2D eigenvalue weighted by Gasteiger charge is 2.82. The summed E-state index contributed by atoms with van der Waals surface area (Å²) < 4.78 is 102. The summed E-state index contributed by atoms with van der Waals surface area (Å²) in [5.74, 6) is -13.9. The SMILES string of the molecule is [O]C(F)(C(F)(F)F)C(F)(F)C(F)(F)F. The number of rotatable bonds is 1. The van der Waals surface area contributed by atoms with Gasteiger partial charge in [-0.05, 0) is 0 Å². The van der Waals surface area contributed by atoms with Crippen molar-refractivity contribution >= 4 is 0 Å². The molecule has 0 amide bonds.